The van der Waals surface area contributed by atoms with Gasteiger partial charge in [0.25, 0.3) is 5.91 Å². The number of fused-ring (bicyclic) bond motifs is 1. The number of rotatable bonds is 9. The maximum atomic E-state index is 14.0. The minimum absolute atomic E-state index is 0.107. The van der Waals surface area contributed by atoms with Crippen LogP contribution >= 0.6 is 0 Å². The summed E-state index contributed by atoms with van der Waals surface area (Å²) in [5.41, 5.74) is 3.28. The number of anilines is 1. The number of nitrogens with zero attached hydrogens (tertiary/aromatic N) is 3. The molecule has 0 bridgehead atoms. The van der Waals surface area contributed by atoms with Crippen molar-refractivity contribution in [2.24, 2.45) is 0 Å². The first-order valence-electron chi connectivity index (χ1n) is 12.3. The lowest BCUT2D eigenvalue weighted by Gasteiger charge is -2.34. The number of piperidine rings is 1. The smallest absolute Gasteiger partial charge is 0.328 e. The summed E-state index contributed by atoms with van der Waals surface area (Å²) >= 11 is 0. The maximum Gasteiger partial charge on any atom is 0.328 e. The molecule has 2 aromatic carbocycles. The molecule has 3 aromatic rings. The van der Waals surface area contributed by atoms with Gasteiger partial charge in [-0.25, -0.2) is 9.78 Å². The van der Waals surface area contributed by atoms with Crippen molar-refractivity contribution < 1.29 is 23.9 Å². The highest BCUT2D eigenvalue weighted by Gasteiger charge is 2.35. The molecule has 190 valence electrons. The summed E-state index contributed by atoms with van der Waals surface area (Å²) in [7, 11) is 1.44. The molecule has 1 N–H and O–H groups in total. The molecular weight excluding hydrogens is 460 g/mol. The zero-order valence-electron chi connectivity index (χ0n) is 20.7. The van der Waals surface area contributed by atoms with Gasteiger partial charge in [-0.05, 0) is 50.3 Å². The highest BCUT2D eigenvalue weighted by molar-refractivity contribution is 6.08. The van der Waals surface area contributed by atoms with Crippen LogP contribution in [0.3, 0.4) is 0 Å². The number of methoxy groups -OCH3 is 1. The van der Waals surface area contributed by atoms with Crippen molar-refractivity contribution in [3.8, 4) is 0 Å². The Labute approximate surface area is 210 Å². The number of carbonyl (C=O) groups is 3. The fraction of sp³-hybridized carbons (Fsp3) is 0.407. The zero-order chi connectivity index (χ0) is 25.5. The third kappa shape index (κ3) is 5.73. The van der Waals surface area contributed by atoms with Crippen LogP contribution < -0.4 is 5.32 Å². The Morgan fingerprint density at radius 2 is 1.94 bits per heavy atom. The van der Waals surface area contributed by atoms with Gasteiger partial charge in [-0.15, -0.1) is 0 Å². The number of hydrogen-bond donors (Lipinski definition) is 1. The van der Waals surface area contributed by atoms with Crippen LogP contribution in [0.25, 0.3) is 11.0 Å². The van der Waals surface area contributed by atoms with Crippen LogP contribution in [0.2, 0.25) is 0 Å². The second kappa shape index (κ2) is 11.8. The first-order chi connectivity index (χ1) is 17.5. The molecule has 0 unspecified atom stereocenters. The third-order valence-electron chi connectivity index (χ3n) is 6.31. The summed E-state index contributed by atoms with van der Waals surface area (Å²) in [5, 5.41) is 2.78. The Balaban J connectivity index is 1.72. The lowest BCUT2D eigenvalue weighted by molar-refractivity contribution is -0.149. The van der Waals surface area contributed by atoms with Crippen molar-refractivity contribution in [2.75, 3.05) is 32.2 Å². The number of aryl methyl sites for hydroxylation is 2. The molecule has 2 heterocycles. The van der Waals surface area contributed by atoms with Crippen molar-refractivity contribution in [1.29, 1.82) is 0 Å². The van der Waals surface area contributed by atoms with Crippen molar-refractivity contribution in [2.45, 2.75) is 45.2 Å². The number of likely N-dealkylation sites (tertiary alicyclic amines) is 1. The Morgan fingerprint density at radius 3 is 2.69 bits per heavy atom. The SMILES string of the molecule is CCOC(=O)[C@H]1CCCCN1C(=O)c1cc(NC(=O)COC)cc2ncn(CCc3ccccc3)c12. The summed E-state index contributed by atoms with van der Waals surface area (Å²) < 4.78 is 12.1. The molecule has 1 aromatic heterocycles. The second-order valence-electron chi connectivity index (χ2n) is 8.81. The molecule has 9 nitrogen and oxygen atoms in total. The van der Waals surface area contributed by atoms with Crippen molar-refractivity contribution in [1.82, 2.24) is 14.5 Å². The number of imidazole rings is 1. The van der Waals surface area contributed by atoms with E-state index in [4.69, 9.17) is 9.47 Å². The molecule has 2 amide bonds. The van der Waals surface area contributed by atoms with Gasteiger partial charge in [0.05, 0.1) is 29.5 Å². The normalized spacial score (nSPS) is 15.6. The highest BCUT2D eigenvalue weighted by Crippen LogP contribution is 2.28. The fourth-order valence-electron chi connectivity index (χ4n) is 4.65. The van der Waals surface area contributed by atoms with Crippen LogP contribution in [0.15, 0.2) is 48.8 Å². The summed E-state index contributed by atoms with van der Waals surface area (Å²) in [5.74, 6) is -0.993. The van der Waals surface area contributed by atoms with Crippen LogP contribution in [0.5, 0.6) is 0 Å². The van der Waals surface area contributed by atoms with Gasteiger partial charge in [-0.3, -0.25) is 9.59 Å². The van der Waals surface area contributed by atoms with Crippen molar-refractivity contribution in [3.63, 3.8) is 0 Å². The lowest BCUT2D eigenvalue weighted by Crippen LogP contribution is -2.48. The maximum absolute atomic E-state index is 14.0. The van der Waals surface area contributed by atoms with E-state index in [9.17, 15) is 14.4 Å². The van der Waals surface area contributed by atoms with Gasteiger partial charge in [-0.2, -0.15) is 0 Å². The Morgan fingerprint density at radius 1 is 1.14 bits per heavy atom. The predicted molar refractivity (Wildman–Crippen MR) is 136 cm³/mol. The largest absolute Gasteiger partial charge is 0.464 e. The first-order valence-corrected chi connectivity index (χ1v) is 12.3. The number of esters is 1. The van der Waals surface area contributed by atoms with Gasteiger partial charge >= 0.3 is 5.97 Å². The van der Waals surface area contributed by atoms with E-state index < -0.39 is 6.04 Å². The monoisotopic (exact) mass is 492 g/mol. The van der Waals surface area contributed by atoms with Gasteiger partial charge in [0.15, 0.2) is 0 Å². The van der Waals surface area contributed by atoms with Crippen LogP contribution in [0, 0.1) is 0 Å². The molecular formula is C27H32N4O5. The van der Waals surface area contributed by atoms with Crippen LogP contribution in [-0.2, 0) is 32.0 Å². The zero-order valence-corrected chi connectivity index (χ0v) is 20.7. The molecule has 0 saturated carbocycles. The molecule has 1 aliphatic rings. The molecule has 9 heteroatoms. The number of benzene rings is 2. The van der Waals surface area contributed by atoms with E-state index in [1.807, 2.05) is 22.8 Å². The Kier molecular flexibility index (Phi) is 8.32. The molecule has 0 aliphatic carbocycles. The number of nitrogens with one attached hydrogen (secondary N) is 1. The topological polar surface area (TPSA) is 103 Å². The van der Waals surface area contributed by atoms with Crippen LogP contribution in [0.1, 0.15) is 42.1 Å². The minimum Gasteiger partial charge on any atom is -0.464 e. The van der Waals surface area contributed by atoms with Gasteiger partial charge in [-0.1, -0.05) is 30.3 Å². The summed E-state index contributed by atoms with van der Waals surface area (Å²) in [4.78, 5) is 45.0. The Bertz CT molecular complexity index is 1220. The number of ether oxygens (including phenoxy) is 2. The molecule has 0 radical (unpaired) electrons. The summed E-state index contributed by atoms with van der Waals surface area (Å²) in [6.07, 6.45) is 4.70. The van der Waals surface area contributed by atoms with Gasteiger partial charge in [0.1, 0.15) is 12.6 Å². The van der Waals surface area contributed by atoms with E-state index in [-0.39, 0.29) is 31.0 Å². The van der Waals surface area contributed by atoms with E-state index in [0.717, 1.165) is 19.3 Å². The van der Waals surface area contributed by atoms with E-state index in [1.54, 1.807) is 30.3 Å². The number of amides is 2. The standard InChI is InChI=1S/C27H32N4O5/c1-3-36-27(34)23-11-7-8-13-31(23)26(33)21-15-20(29-24(32)17-35-2)16-22-25(21)30(18-28-22)14-12-19-9-5-4-6-10-19/h4-6,9-10,15-16,18,23H,3,7-8,11-14,17H2,1-2H3,(H,29,32)/t23-/m1/s1. The lowest BCUT2D eigenvalue weighted by atomic mass is 10.00. The number of carbonyl (C=O) groups excluding carboxylic acids is 3. The molecule has 1 atom stereocenters. The molecule has 1 saturated heterocycles. The minimum atomic E-state index is -0.631. The van der Waals surface area contributed by atoms with Gasteiger partial charge in [0, 0.05) is 25.9 Å². The van der Waals surface area contributed by atoms with Crippen LogP contribution in [0.4, 0.5) is 5.69 Å². The third-order valence-corrected chi connectivity index (χ3v) is 6.31. The van der Waals surface area contributed by atoms with Gasteiger partial charge in [0.2, 0.25) is 5.91 Å². The van der Waals surface area contributed by atoms with E-state index in [0.29, 0.717) is 41.8 Å². The van der Waals surface area contributed by atoms with Crippen LogP contribution in [-0.4, -0.2) is 65.1 Å². The Hall–Kier alpha value is -3.72. The molecule has 1 fully saturated rings. The van der Waals surface area contributed by atoms with Gasteiger partial charge < -0.3 is 24.3 Å². The highest BCUT2D eigenvalue weighted by atomic mass is 16.5. The number of hydrogen-bond acceptors (Lipinski definition) is 6. The van der Waals surface area contributed by atoms with Crippen molar-refractivity contribution >= 4 is 34.5 Å². The molecule has 1 aliphatic heterocycles. The molecule has 0 spiro atoms. The number of aromatic nitrogens is 2. The predicted octanol–water partition coefficient (Wildman–Crippen LogP) is 3.42. The second-order valence-corrected chi connectivity index (χ2v) is 8.81. The quantitative estimate of drug-likeness (QED) is 0.459. The van der Waals surface area contributed by atoms with Crippen molar-refractivity contribution in [3.05, 3.63) is 59.9 Å². The average molecular weight is 493 g/mol. The fourth-order valence-corrected chi connectivity index (χ4v) is 4.65. The molecule has 4 rings (SSSR count). The van der Waals surface area contributed by atoms with E-state index >= 15 is 0 Å². The first kappa shape index (κ1) is 25.4. The van der Waals surface area contributed by atoms with E-state index in [1.165, 1.54) is 12.7 Å². The summed E-state index contributed by atoms with van der Waals surface area (Å²) in [6.45, 7) is 2.99. The summed E-state index contributed by atoms with van der Waals surface area (Å²) in [6, 6.07) is 12.9. The van der Waals surface area contributed by atoms with E-state index in [2.05, 4.69) is 22.4 Å². The molecule has 36 heavy (non-hydrogen) atoms. The average Bonchev–Trinajstić information content (AvgIpc) is 3.30.